The Balaban J connectivity index is 1.82. The maximum atomic E-state index is 11.6. The van der Waals surface area contributed by atoms with Crippen LogP contribution < -0.4 is 16.6 Å². The molecule has 0 fully saturated rings. The molecule has 4 N–H and O–H groups in total. The summed E-state index contributed by atoms with van der Waals surface area (Å²) in [7, 11) is 0. The molecule has 2 aromatic rings. The summed E-state index contributed by atoms with van der Waals surface area (Å²) in [6.07, 6.45) is 1.59. The average molecular weight is 294 g/mol. The highest BCUT2D eigenvalue weighted by Gasteiger charge is 2.10. The van der Waals surface area contributed by atoms with Crippen molar-refractivity contribution < 1.29 is 9.59 Å². The lowest BCUT2D eigenvalue weighted by molar-refractivity contribution is -0.122. The number of rotatable bonds is 4. The molecule has 1 atom stereocenters. The number of nitrogens with two attached hydrogens (primary N) is 1. The van der Waals surface area contributed by atoms with Crippen molar-refractivity contribution in [3.05, 3.63) is 34.3 Å². The topological polar surface area (TPSA) is 115 Å². The fourth-order valence-corrected chi connectivity index (χ4v) is 2.00. The molecule has 0 radical (unpaired) electrons. The lowest BCUT2D eigenvalue weighted by Gasteiger charge is -2.05. The van der Waals surface area contributed by atoms with Crippen LogP contribution in [0.25, 0.3) is 0 Å². The summed E-state index contributed by atoms with van der Waals surface area (Å²) in [6.45, 7) is 1.72. The van der Waals surface area contributed by atoms with Crippen LogP contribution in [-0.2, 0) is 11.3 Å². The highest BCUT2D eigenvalue weighted by molar-refractivity contribution is 7.12. The first-order chi connectivity index (χ1) is 9.56. The van der Waals surface area contributed by atoms with E-state index in [1.54, 1.807) is 30.6 Å². The zero-order valence-corrected chi connectivity index (χ0v) is 11.6. The van der Waals surface area contributed by atoms with Gasteiger partial charge in [-0.2, -0.15) is 0 Å². The normalized spacial score (nSPS) is 11.9. The van der Waals surface area contributed by atoms with E-state index >= 15 is 0 Å². The third-order valence-corrected chi connectivity index (χ3v) is 3.26. The molecule has 0 saturated carbocycles. The van der Waals surface area contributed by atoms with Crippen LogP contribution in [0.3, 0.4) is 0 Å². The first-order valence-electron chi connectivity index (χ1n) is 5.84. The number of thiophene rings is 1. The second kappa shape index (κ2) is 6.26. The Hall–Kier alpha value is -2.26. The largest absolute Gasteiger partial charge is 0.323 e. The SMILES string of the molecule is CC(N)c1cn(CC(=O)NNC(=O)c2cccs2)nn1. The number of aromatic nitrogens is 3. The van der Waals surface area contributed by atoms with Gasteiger partial charge in [-0.25, -0.2) is 4.68 Å². The lowest BCUT2D eigenvalue weighted by Crippen LogP contribution is -2.43. The second-order valence-corrected chi connectivity index (χ2v) is 5.06. The molecular formula is C11H14N6O2S. The quantitative estimate of drug-likeness (QED) is 0.677. The van der Waals surface area contributed by atoms with Crippen LogP contribution in [0.1, 0.15) is 28.3 Å². The van der Waals surface area contributed by atoms with Crippen molar-refractivity contribution in [3.8, 4) is 0 Å². The van der Waals surface area contributed by atoms with Gasteiger partial charge < -0.3 is 5.73 Å². The van der Waals surface area contributed by atoms with Gasteiger partial charge in [-0.15, -0.1) is 16.4 Å². The van der Waals surface area contributed by atoms with Gasteiger partial charge in [0.15, 0.2) is 0 Å². The molecule has 106 valence electrons. The molecule has 2 aromatic heterocycles. The van der Waals surface area contributed by atoms with Gasteiger partial charge in [0.2, 0.25) is 0 Å². The fourth-order valence-electron chi connectivity index (χ4n) is 1.38. The van der Waals surface area contributed by atoms with E-state index in [-0.39, 0.29) is 18.5 Å². The van der Waals surface area contributed by atoms with E-state index < -0.39 is 5.91 Å². The van der Waals surface area contributed by atoms with Crippen LogP contribution in [0.5, 0.6) is 0 Å². The van der Waals surface area contributed by atoms with Crippen molar-refractivity contribution in [2.45, 2.75) is 19.5 Å². The molecule has 0 bridgehead atoms. The van der Waals surface area contributed by atoms with Gasteiger partial charge >= 0.3 is 0 Å². The van der Waals surface area contributed by atoms with Gasteiger partial charge in [0, 0.05) is 6.04 Å². The summed E-state index contributed by atoms with van der Waals surface area (Å²) >= 11 is 1.29. The average Bonchev–Trinajstić information content (AvgIpc) is 3.06. The summed E-state index contributed by atoms with van der Waals surface area (Å²) in [5.74, 6) is -0.765. The van der Waals surface area contributed by atoms with Crippen molar-refractivity contribution in [1.29, 1.82) is 0 Å². The molecule has 9 heteroatoms. The van der Waals surface area contributed by atoms with Crippen molar-refractivity contribution in [3.63, 3.8) is 0 Å². The maximum absolute atomic E-state index is 11.6. The van der Waals surface area contributed by atoms with E-state index in [1.807, 2.05) is 0 Å². The second-order valence-electron chi connectivity index (χ2n) is 4.11. The Morgan fingerprint density at radius 3 is 2.90 bits per heavy atom. The minimum absolute atomic E-state index is 0.0512. The Morgan fingerprint density at radius 1 is 1.50 bits per heavy atom. The number of hydrazine groups is 1. The van der Waals surface area contributed by atoms with Crippen LogP contribution in [0.4, 0.5) is 0 Å². The van der Waals surface area contributed by atoms with Crippen LogP contribution in [0, 0.1) is 0 Å². The number of nitrogens with one attached hydrogen (secondary N) is 2. The summed E-state index contributed by atoms with van der Waals surface area (Å²) in [5, 5.41) is 9.38. The predicted octanol–water partition coefficient (Wildman–Crippen LogP) is -0.179. The maximum Gasteiger partial charge on any atom is 0.279 e. The minimum Gasteiger partial charge on any atom is -0.323 e. The molecule has 2 amide bonds. The molecule has 0 aromatic carbocycles. The predicted molar refractivity (Wildman–Crippen MR) is 72.6 cm³/mol. The van der Waals surface area contributed by atoms with Crippen LogP contribution in [-0.4, -0.2) is 26.8 Å². The molecule has 20 heavy (non-hydrogen) atoms. The summed E-state index contributed by atoms with van der Waals surface area (Å²) in [5.41, 5.74) is 10.9. The molecule has 8 nitrogen and oxygen atoms in total. The molecule has 0 spiro atoms. The highest BCUT2D eigenvalue weighted by Crippen LogP contribution is 2.07. The third-order valence-electron chi connectivity index (χ3n) is 2.39. The Bertz CT molecular complexity index is 592. The molecule has 0 aliphatic rings. The van der Waals surface area contributed by atoms with Crippen LogP contribution >= 0.6 is 11.3 Å². The first-order valence-corrected chi connectivity index (χ1v) is 6.72. The fraction of sp³-hybridized carbons (Fsp3) is 0.273. The lowest BCUT2D eigenvalue weighted by atomic mass is 10.3. The van der Waals surface area contributed by atoms with Gasteiger partial charge in [-0.3, -0.25) is 20.4 Å². The standard InChI is InChI=1S/C11H14N6O2S/c1-7(12)8-5-17(16-13-8)6-10(18)14-15-11(19)9-3-2-4-20-9/h2-5,7H,6,12H2,1H3,(H,14,18)(H,15,19). The zero-order valence-electron chi connectivity index (χ0n) is 10.7. The first kappa shape index (κ1) is 14.2. The van der Waals surface area contributed by atoms with E-state index in [0.717, 1.165) is 0 Å². The van der Waals surface area contributed by atoms with E-state index in [1.165, 1.54) is 16.0 Å². The monoisotopic (exact) mass is 294 g/mol. The number of carbonyl (C=O) groups excluding carboxylic acids is 2. The van der Waals surface area contributed by atoms with Crippen LogP contribution in [0.2, 0.25) is 0 Å². The molecule has 2 heterocycles. The number of hydrogen-bond acceptors (Lipinski definition) is 6. The number of amides is 2. The Labute approximate surface area is 118 Å². The van der Waals surface area contributed by atoms with Crippen LogP contribution in [0.15, 0.2) is 23.7 Å². The molecule has 2 rings (SSSR count). The van der Waals surface area contributed by atoms with Gasteiger partial charge in [-0.1, -0.05) is 11.3 Å². The Kier molecular flexibility index (Phi) is 4.43. The van der Waals surface area contributed by atoms with E-state index in [0.29, 0.717) is 10.6 Å². The summed E-state index contributed by atoms with van der Waals surface area (Å²) < 4.78 is 1.35. The number of carbonyl (C=O) groups is 2. The number of nitrogens with zero attached hydrogens (tertiary/aromatic N) is 3. The summed E-state index contributed by atoms with van der Waals surface area (Å²) in [6, 6.07) is 3.18. The molecule has 1 unspecified atom stereocenters. The van der Waals surface area contributed by atoms with E-state index in [4.69, 9.17) is 5.73 Å². The molecule has 0 aliphatic carbocycles. The highest BCUT2D eigenvalue weighted by atomic mass is 32.1. The third kappa shape index (κ3) is 3.62. The van der Waals surface area contributed by atoms with Gasteiger partial charge in [0.05, 0.1) is 16.8 Å². The minimum atomic E-state index is -0.406. The molecular weight excluding hydrogens is 280 g/mol. The van der Waals surface area contributed by atoms with Gasteiger partial charge in [0.1, 0.15) is 6.54 Å². The van der Waals surface area contributed by atoms with Gasteiger partial charge in [-0.05, 0) is 18.4 Å². The smallest absolute Gasteiger partial charge is 0.279 e. The van der Waals surface area contributed by atoms with Crippen molar-refractivity contribution >= 4 is 23.2 Å². The molecule has 0 saturated heterocycles. The van der Waals surface area contributed by atoms with Gasteiger partial charge in [0.25, 0.3) is 11.8 Å². The van der Waals surface area contributed by atoms with Crippen molar-refractivity contribution in [2.24, 2.45) is 5.73 Å². The van der Waals surface area contributed by atoms with E-state index in [9.17, 15) is 9.59 Å². The Morgan fingerprint density at radius 2 is 2.30 bits per heavy atom. The van der Waals surface area contributed by atoms with Crippen molar-refractivity contribution in [1.82, 2.24) is 25.8 Å². The van der Waals surface area contributed by atoms with Crippen molar-refractivity contribution in [2.75, 3.05) is 0 Å². The molecule has 0 aliphatic heterocycles. The van der Waals surface area contributed by atoms with E-state index in [2.05, 4.69) is 21.2 Å². The number of hydrogen-bond donors (Lipinski definition) is 3. The zero-order chi connectivity index (χ0) is 14.5. The summed E-state index contributed by atoms with van der Waals surface area (Å²) in [4.78, 5) is 23.7.